The Labute approximate surface area is 212 Å². The molecule has 2 aliphatic rings. The lowest BCUT2D eigenvalue weighted by atomic mass is 9.95. The van der Waals surface area contributed by atoms with Crippen molar-refractivity contribution in [2.75, 3.05) is 31.1 Å². The van der Waals surface area contributed by atoms with E-state index < -0.39 is 6.10 Å². The summed E-state index contributed by atoms with van der Waals surface area (Å²) in [4.78, 5) is 30.9. The van der Waals surface area contributed by atoms with Gasteiger partial charge in [-0.2, -0.15) is 0 Å². The molecule has 186 valence electrons. The van der Waals surface area contributed by atoms with Crippen molar-refractivity contribution in [3.05, 3.63) is 96.1 Å². The Hall–Kier alpha value is -3.64. The molecule has 3 aromatic carbocycles. The highest BCUT2D eigenvalue weighted by Gasteiger charge is 2.37. The predicted octanol–water partition coefficient (Wildman–Crippen LogP) is 4.05. The maximum Gasteiger partial charge on any atom is 0.262 e. The number of piperidine rings is 1. The Morgan fingerprint density at radius 2 is 1.56 bits per heavy atom. The maximum atomic E-state index is 13.8. The van der Waals surface area contributed by atoms with Crippen molar-refractivity contribution in [1.82, 2.24) is 10.2 Å². The van der Waals surface area contributed by atoms with Gasteiger partial charge in [0.15, 0.2) is 6.10 Å². The van der Waals surface area contributed by atoms with Crippen LogP contribution in [0.25, 0.3) is 0 Å². The van der Waals surface area contributed by atoms with Gasteiger partial charge in [-0.05, 0) is 49.1 Å². The highest BCUT2D eigenvalue weighted by Crippen LogP contribution is 2.35. The molecule has 5 rings (SSSR count). The summed E-state index contributed by atoms with van der Waals surface area (Å²) in [6.07, 6.45) is 1.86. The van der Waals surface area contributed by atoms with Crippen LogP contribution in [0, 0.1) is 5.92 Å². The largest absolute Gasteiger partial charge is 0.477 e. The monoisotopic (exact) mass is 483 g/mol. The molecule has 2 heterocycles. The van der Waals surface area contributed by atoms with E-state index in [2.05, 4.69) is 34.5 Å². The van der Waals surface area contributed by atoms with Gasteiger partial charge >= 0.3 is 0 Å². The van der Waals surface area contributed by atoms with Crippen molar-refractivity contribution >= 4 is 17.5 Å². The van der Waals surface area contributed by atoms with Gasteiger partial charge in [0.2, 0.25) is 5.91 Å². The fourth-order valence-corrected chi connectivity index (χ4v) is 5.13. The third-order valence-electron chi connectivity index (χ3n) is 6.99. The zero-order valence-corrected chi connectivity index (χ0v) is 20.5. The molecule has 0 aromatic heterocycles. The molecule has 0 radical (unpaired) electrons. The van der Waals surface area contributed by atoms with Gasteiger partial charge in [0, 0.05) is 19.6 Å². The van der Waals surface area contributed by atoms with E-state index >= 15 is 0 Å². The van der Waals surface area contributed by atoms with Crippen LogP contribution in [0.1, 0.15) is 24.0 Å². The quantitative estimate of drug-likeness (QED) is 0.551. The smallest absolute Gasteiger partial charge is 0.262 e. The first-order valence-corrected chi connectivity index (χ1v) is 12.8. The van der Waals surface area contributed by atoms with Crippen LogP contribution in [0.15, 0.2) is 84.9 Å². The predicted molar refractivity (Wildman–Crippen MR) is 141 cm³/mol. The van der Waals surface area contributed by atoms with E-state index in [4.69, 9.17) is 4.74 Å². The van der Waals surface area contributed by atoms with Gasteiger partial charge < -0.3 is 15.0 Å². The molecule has 1 N–H and O–H groups in total. The van der Waals surface area contributed by atoms with Crippen LogP contribution < -0.4 is 15.0 Å². The molecule has 2 aliphatic heterocycles. The van der Waals surface area contributed by atoms with Gasteiger partial charge in [-0.3, -0.25) is 14.5 Å². The standard InChI is InChI=1S/C30H33N3O3/c34-29(31-18-17-23-10-3-1-4-11-23)28-22-33(26-15-7-8-16-27(26)36-28)30(35)25-14-9-19-32(21-25)20-24-12-5-2-6-13-24/h1-8,10-13,15-16,25,28H,9,14,17-22H2,(H,31,34)/t25-,28-/m1/s1. The lowest BCUT2D eigenvalue weighted by molar-refractivity contribution is -0.129. The molecular formula is C30H33N3O3. The third kappa shape index (κ3) is 5.77. The third-order valence-corrected chi connectivity index (χ3v) is 6.99. The zero-order valence-electron chi connectivity index (χ0n) is 20.5. The summed E-state index contributed by atoms with van der Waals surface area (Å²) in [5.74, 6) is 0.367. The highest BCUT2D eigenvalue weighted by molar-refractivity contribution is 5.98. The number of likely N-dealkylation sites (tertiary alicyclic amines) is 1. The molecule has 1 saturated heterocycles. The minimum atomic E-state index is -0.733. The Balaban J connectivity index is 1.25. The Kier molecular flexibility index (Phi) is 7.62. The van der Waals surface area contributed by atoms with Crippen LogP contribution in [0.4, 0.5) is 5.69 Å². The molecule has 0 spiro atoms. The molecule has 0 bridgehead atoms. The molecule has 1 fully saturated rings. The Bertz CT molecular complexity index is 1170. The highest BCUT2D eigenvalue weighted by atomic mass is 16.5. The first-order valence-electron chi connectivity index (χ1n) is 12.8. The molecule has 2 atom stereocenters. The van der Waals surface area contributed by atoms with Gasteiger partial charge in [-0.25, -0.2) is 0 Å². The normalized spacial score (nSPS) is 19.7. The van der Waals surface area contributed by atoms with Gasteiger partial charge in [0.05, 0.1) is 18.2 Å². The number of rotatable bonds is 7. The summed E-state index contributed by atoms with van der Waals surface area (Å²) in [6, 6.07) is 28.0. The van der Waals surface area contributed by atoms with Gasteiger partial charge in [-0.15, -0.1) is 0 Å². The number of carbonyl (C=O) groups excluding carboxylic acids is 2. The van der Waals surface area contributed by atoms with E-state index in [9.17, 15) is 9.59 Å². The topological polar surface area (TPSA) is 61.9 Å². The van der Waals surface area contributed by atoms with Gasteiger partial charge in [0.1, 0.15) is 5.75 Å². The van der Waals surface area contributed by atoms with Gasteiger partial charge in [0.25, 0.3) is 5.91 Å². The number of carbonyl (C=O) groups is 2. The lowest BCUT2D eigenvalue weighted by Gasteiger charge is -2.38. The number of hydrogen-bond acceptors (Lipinski definition) is 4. The number of amides is 2. The summed E-state index contributed by atoms with van der Waals surface area (Å²) in [7, 11) is 0. The van der Waals surface area contributed by atoms with Crippen molar-refractivity contribution in [2.24, 2.45) is 5.92 Å². The number of fused-ring (bicyclic) bond motifs is 1. The Morgan fingerprint density at radius 1 is 0.861 bits per heavy atom. The van der Waals surface area contributed by atoms with Crippen molar-refractivity contribution < 1.29 is 14.3 Å². The minimum Gasteiger partial charge on any atom is -0.477 e. The van der Waals surface area contributed by atoms with Crippen molar-refractivity contribution in [3.8, 4) is 5.75 Å². The summed E-state index contributed by atoms with van der Waals surface area (Å²) in [5, 5.41) is 2.99. The molecule has 6 nitrogen and oxygen atoms in total. The number of anilines is 1. The van der Waals surface area contributed by atoms with Crippen LogP contribution in [-0.2, 0) is 22.6 Å². The van der Waals surface area contributed by atoms with E-state index in [-0.39, 0.29) is 24.3 Å². The zero-order chi connectivity index (χ0) is 24.7. The van der Waals surface area contributed by atoms with E-state index in [1.165, 1.54) is 11.1 Å². The number of hydrogen-bond donors (Lipinski definition) is 1. The SMILES string of the molecule is O=C(NCCc1ccccc1)[C@H]1CN(C(=O)[C@@H]2CCCN(Cc3ccccc3)C2)c2ccccc2O1. The van der Waals surface area contributed by atoms with Crippen LogP contribution in [0.5, 0.6) is 5.75 Å². The van der Waals surface area contributed by atoms with E-state index in [0.29, 0.717) is 12.3 Å². The summed E-state index contributed by atoms with van der Waals surface area (Å²) in [6.45, 7) is 3.31. The molecular weight excluding hydrogens is 450 g/mol. The van der Waals surface area contributed by atoms with Crippen LogP contribution >= 0.6 is 0 Å². The van der Waals surface area contributed by atoms with Crippen LogP contribution in [0.3, 0.4) is 0 Å². The van der Waals surface area contributed by atoms with Crippen molar-refractivity contribution in [2.45, 2.75) is 31.9 Å². The molecule has 2 amide bonds. The van der Waals surface area contributed by atoms with E-state index in [1.807, 2.05) is 60.7 Å². The number of benzene rings is 3. The molecule has 3 aromatic rings. The lowest BCUT2D eigenvalue weighted by Crippen LogP contribution is -2.53. The second kappa shape index (κ2) is 11.4. The Morgan fingerprint density at radius 3 is 2.33 bits per heavy atom. The van der Waals surface area contributed by atoms with Crippen molar-refractivity contribution in [3.63, 3.8) is 0 Å². The molecule has 0 unspecified atom stereocenters. The van der Waals surface area contributed by atoms with E-state index in [0.717, 1.165) is 44.6 Å². The van der Waals surface area contributed by atoms with Gasteiger partial charge in [-0.1, -0.05) is 72.8 Å². The summed E-state index contributed by atoms with van der Waals surface area (Å²) in [5.41, 5.74) is 3.17. The molecule has 6 heteroatoms. The average Bonchev–Trinajstić information content (AvgIpc) is 2.93. The average molecular weight is 484 g/mol. The second-order valence-corrected chi connectivity index (χ2v) is 9.61. The summed E-state index contributed by atoms with van der Waals surface area (Å²) < 4.78 is 6.05. The second-order valence-electron chi connectivity index (χ2n) is 9.61. The van der Waals surface area contributed by atoms with Crippen LogP contribution in [-0.4, -0.2) is 49.0 Å². The number of nitrogens with zero attached hydrogens (tertiary/aromatic N) is 2. The molecule has 0 aliphatic carbocycles. The van der Waals surface area contributed by atoms with E-state index in [1.54, 1.807) is 4.90 Å². The number of nitrogens with one attached hydrogen (secondary N) is 1. The molecule has 36 heavy (non-hydrogen) atoms. The summed E-state index contributed by atoms with van der Waals surface area (Å²) >= 11 is 0. The minimum absolute atomic E-state index is 0.0746. The van der Waals surface area contributed by atoms with Crippen molar-refractivity contribution in [1.29, 1.82) is 0 Å². The molecule has 0 saturated carbocycles. The fourth-order valence-electron chi connectivity index (χ4n) is 5.13. The van der Waals surface area contributed by atoms with Crippen LogP contribution in [0.2, 0.25) is 0 Å². The number of ether oxygens (including phenoxy) is 1. The fraction of sp³-hybridized carbons (Fsp3) is 0.333. The first-order chi connectivity index (χ1) is 17.7. The maximum absolute atomic E-state index is 13.8. The first kappa shape index (κ1) is 24.1. The number of para-hydroxylation sites is 2.